The Hall–Kier alpha value is -2.94. The minimum Gasteiger partial charge on any atom is -0.497 e. The van der Waals surface area contributed by atoms with Crippen LogP contribution in [0.25, 0.3) is 0 Å². The van der Waals surface area contributed by atoms with Crippen LogP contribution in [0.5, 0.6) is 5.75 Å². The van der Waals surface area contributed by atoms with Crippen molar-refractivity contribution in [3.05, 3.63) is 51.3 Å². The van der Waals surface area contributed by atoms with Gasteiger partial charge in [-0.3, -0.25) is 19.6 Å². The largest absolute Gasteiger partial charge is 0.497 e. The number of likely N-dealkylation sites (N-methyl/N-ethyl adjacent to an activating group) is 1. The predicted molar refractivity (Wildman–Crippen MR) is 101 cm³/mol. The second-order valence-corrected chi connectivity index (χ2v) is 6.49. The number of ether oxygens (including phenoxy) is 1. The van der Waals surface area contributed by atoms with E-state index >= 15 is 0 Å². The molecule has 1 unspecified atom stereocenters. The number of nitro groups is 1. The topological polar surface area (TPSA) is 103 Å². The van der Waals surface area contributed by atoms with Gasteiger partial charge in [-0.2, -0.15) is 5.10 Å². The van der Waals surface area contributed by atoms with Crippen LogP contribution in [-0.4, -0.2) is 53.3 Å². The van der Waals surface area contributed by atoms with Crippen molar-refractivity contribution < 1.29 is 14.5 Å². The van der Waals surface area contributed by atoms with E-state index in [-0.39, 0.29) is 24.2 Å². The highest BCUT2D eigenvalue weighted by molar-refractivity contribution is 5.76. The molecule has 0 aliphatic heterocycles. The number of benzene rings is 1. The molecule has 0 aliphatic rings. The number of nitrogens with zero attached hydrogens (tertiary/aromatic N) is 4. The summed E-state index contributed by atoms with van der Waals surface area (Å²) < 4.78 is 6.62. The van der Waals surface area contributed by atoms with E-state index in [4.69, 9.17) is 4.74 Å². The molecule has 27 heavy (non-hydrogen) atoms. The van der Waals surface area contributed by atoms with Gasteiger partial charge in [0.25, 0.3) is 0 Å². The lowest BCUT2D eigenvalue weighted by atomic mass is 10.1. The Bertz CT molecular complexity index is 831. The standard InChI is InChI=1S/C18H25N5O4/c1-12-18(23(25)26)13(2)22(20-12)11-17(24)19-10-16(21(3)4)14-7-6-8-15(9-14)27-5/h6-9,16H,10-11H2,1-5H3,(H,19,24). The number of hydrogen-bond donors (Lipinski definition) is 1. The van der Waals surface area contributed by atoms with Crippen LogP contribution in [-0.2, 0) is 11.3 Å². The van der Waals surface area contributed by atoms with Crippen LogP contribution in [0.1, 0.15) is 23.0 Å². The molecule has 0 aliphatic carbocycles. The molecule has 9 nitrogen and oxygen atoms in total. The van der Waals surface area contributed by atoms with Gasteiger partial charge in [-0.1, -0.05) is 12.1 Å². The average Bonchev–Trinajstić information content (AvgIpc) is 2.88. The normalized spacial score (nSPS) is 12.1. The van der Waals surface area contributed by atoms with Crippen LogP contribution in [0.15, 0.2) is 24.3 Å². The van der Waals surface area contributed by atoms with Gasteiger partial charge in [-0.25, -0.2) is 0 Å². The van der Waals surface area contributed by atoms with Crippen LogP contribution in [0.2, 0.25) is 0 Å². The van der Waals surface area contributed by atoms with Gasteiger partial charge >= 0.3 is 5.69 Å². The lowest BCUT2D eigenvalue weighted by Crippen LogP contribution is -2.36. The van der Waals surface area contributed by atoms with Gasteiger partial charge in [-0.15, -0.1) is 0 Å². The molecule has 1 atom stereocenters. The molecular weight excluding hydrogens is 350 g/mol. The highest BCUT2D eigenvalue weighted by Gasteiger charge is 2.23. The molecule has 0 radical (unpaired) electrons. The minimum absolute atomic E-state index is 0.0427. The maximum Gasteiger partial charge on any atom is 0.312 e. The molecule has 1 heterocycles. The monoisotopic (exact) mass is 375 g/mol. The van der Waals surface area contributed by atoms with Crippen molar-refractivity contribution in [2.45, 2.75) is 26.4 Å². The maximum atomic E-state index is 12.4. The first kappa shape index (κ1) is 20.4. The zero-order valence-electron chi connectivity index (χ0n) is 16.2. The third-order valence-corrected chi connectivity index (χ3v) is 4.41. The summed E-state index contributed by atoms with van der Waals surface area (Å²) in [5.41, 5.74) is 1.63. The van der Waals surface area contributed by atoms with Crippen molar-refractivity contribution in [3.8, 4) is 5.75 Å². The van der Waals surface area contributed by atoms with Gasteiger partial charge in [-0.05, 0) is 45.6 Å². The van der Waals surface area contributed by atoms with Crippen molar-refractivity contribution in [3.63, 3.8) is 0 Å². The Morgan fingerprint density at radius 2 is 2.11 bits per heavy atom. The zero-order valence-corrected chi connectivity index (χ0v) is 16.2. The fourth-order valence-corrected chi connectivity index (χ4v) is 2.96. The van der Waals surface area contributed by atoms with Gasteiger partial charge in [0.05, 0.1) is 18.1 Å². The number of aryl methyl sites for hydroxylation is 1. The Kier molecular flexibility index (Phi) is 6.51. The van der Waals surface area contributed by atoms with E-state index in [0.717, 1.165) is 11.3 Å². The molecule has 146 valence electrons. The molecule has 2 aromatic rings. The summed E-state index contributed by atoms with van der Waals surface area (Å²) in [5.74, 6) is 0.492. The summed E-state index contributed by atoms with van der Waals surface area (Å²) in [4.78, 5) is 25.0. The van der Waals surface area contributed by atoms with Crippen LogP contribution < -0.4 is 10.1 Å². The smallest absolute Gasteiger partial charge is 0.312 e. The molecule has 1 aromatic heterocycles. The molecule has 9 heteroatoms. The summed E-state index contributed by atoms with van der Waals surface area (Å²) in [6.45, 7) is 3.47. The Balaban J connectivity index is 2.06. The first-order valence-electron chi connectivity index (χ1n) is 8.50. The van der Waals surface area contributed by atoms with Crippen molar-refractivity contribution >= 4 is 11.6 Å². The lowest BCUT2D eigenvalue weighted by Gasteiger charge is -2.25. The van der Waals surface area contributed by atoms with Crippen LogP contribution in [0, 0.1) is 24.0 Å². The Morgan fingerprint density at radius 3 is 2.67 bits per heavy atom. The third kappa shape index (κ3) is 4.82. The van der Waals surface area contributed by atoms with Crippen LogP contribution >= 0.6 is 0 Å². The number of methoxy groups -OCH3 is 1. The lowest BCUT2D eigenvalue weighted by molar-refractivity contribution is -0.386. The fraction of sp³-hybridized carbons (Fsp3) is 0.444. The Labute approximate surface area is 158 Å². The van der Waals surface area contributed by atoms with E-state index in [1.54, 1.807) is 21.0 Å². The first-order chi connectivity index (χ1) is 12.7. The number of nitrogens with one attached hydrogen (secondary N) is 1. The number of amides is 1. The summed E-state index contributed by atoms with van der Waals surface area (Å²) in [6.07, 6.45) is 0. The van der Waals surface area contributed by atoms with E-state index in [1.807, 2.05) is 43.3 Å². The molecule has 0 fully saturated rings. The molecule has 0 saturated carbocycles. The van der Waals surface area contributed by atoms with Gasteiger partial charge in [0.1, 0.15) is 23.7 Å². The summed E-state index contributed by atoms with van der Waals surface area (Å²) in [6, 6.07) is 7.63. The second kappa shape index (κ2) is 8.63. The third-order valence-electron chi connectivity index (χ3n) is 4.41. The average molecular weight is 375 g/mol. The number of carbonyl (C=O) groups is 1. The Morgan fingerprint density at radius 1 is 1.41 bits per heavy atom. The highest BCUT2D eigenvalue weighted by Crippen LogP contribution is 2.23. The molecule has 2 rings (SSSR count). The van der Waals surface area contributed by atoms with E-state index in [0.29, 0.717) is 17.9 Å². The van der Waals surface area contributed by atoms with Crippen LogP contribution in [0.4, 0.5) is 5.69 Å². The van der Waals surface area contributed by atoms with Gasteiger partial charge in [0.2, 0.25) is 5.91 Å². The molecule has 0 spiro atoms. The number of hydrogen-bond acceptors (Lipinski definition) is 6. The van der Waals surface area contributed by atoms with Crippen LogP contribution in [0.3, 0.4) is 0 Å². The van der Waals surface area contributed by atoms with E-state index < -0.39 is 4.92 Å². The summed E-state index contributed by atoms with van der Waals surface area (Å²) in [7, 11) is 5.47. The fourth-order valence-electron chi connectivity index (χ4n) is 2.96. The van der Waals surface area contributed by atoms with Gasteiger partial charge in [0.15, 0.2) is 0 Å². The quantitative estimate of drug-likeness (QED) is 0.558. The molecule has 1 N–H and O–H groups in total. The van der Waals surface area contributed by atoms with Crippen molar-refractivity contribution in [2.75, 3.05) is 27.7 Å². The molecule has 1 amide bonds. The van der Waals surface area contributed by atoms with Gasteiger partial charge in [0, 0.05) is 6.54 Å². The molecular formula is C18H25N5O4. The minimum atomic E-state index is -0.475. The number of rotatable bonds is 8. The van der Waals surface area contributed by atoms with Gasteiger partial charge < -0.3 is 15.0 Å². The second-order valence-electron chi connectivity index (χ2n) is 6.49. The van der Waals surface area contributed by atoms with E-state index in [2.05, 4.69) is 10.4 Å². The zero-order chi connectivity index (χ0) is 20.1. The SMILES string of the molecule is COc1cccc(C(CNC(=O)Cn2nc(C)c([N+](=O)[O-])c2C)N(C)C)c1. The molecule has 0 bridgehead atoms. The highest BCUT2D eigenvalue weighted by atomic mass is 16.6. The van der Waals surface area contributed by atoms with Crippen molar-refractivity contribution in [1.82, 2.24) is 20.0 Å². The van der Waals surface area contributed by atoms with E-state index in [9.17, 15) is 14.9 Å². The van der Waals surface area contributed by atoms with Crippen molar-refractivity contribution in [1.29, 1.82) is 0 Å². The maximum absolute atomic E-state index is 12.4. The number of carbonyl (C=O) groups excluding carboxylic acids is 1. The number of aromatic nitrogens is 2. The van der Waals surface area contributed by atoms with Crippen molar-refractivity contribution in [2.24, 2.45) is 0 Å². The van der Waals surface area contributed by atoms with E-state index in [1.165, 1.54) is 4.68 Å². The first-order valence-corrected chi connectivity index (χ1v) is 8.50. The molecule has 0 saturated heterocycles. The summed E-state index contributed by atoms with van der Waals surface area (Å²) in [5, 5.41) is 18.1. The summed E-state index contributed by atoms with van der Waals surface area (Å²) >= 11 is 0. The predicted octanol–water partition coefficient (Wildman–Crippen LogP) is 1.84. The molecule has 1 aromatic carbocycles.